The Hall–Kier alpha value is -3.91. The van der Waals surface area contributed by atoms with Gasteiger partial charge < -0.3 is 15.5 Å². The molecule has 2 aromatic carbocycles. The van der Waals surface area contributed by atoms with E-state index in [0.29, 0.717) is 37.2 Å². The molecule has 4 aromatic rings. The van der Waals surface area contributed by atoms with E-state index in [1.165, 1.54) is 0 Å². The molecule has 0 radical (unpaired) electrons. The molecule has 1 fully saturated rings. The van der Waals surface area contributed by atoms with E-state index < -0.39 is 0 Å². The molecule has 0 aliphatic carbocycles. The Bertz CT molecular complexity index is 1250. The molecule has 7 nitrogen and oxygen atoms in total. The van der Waals surface area contributed by atoms with Gasteiger partial charge in [-0.15, -0.1) is 11.3 Å². The van der Waals surface area contributed by atoms with Crippen molar-refractivity contribution in [2.75, 3.05) is 18.4 Å². The van der Waals surface area contributed by atoms with Crippen molar-refractivity contribution in [2.24, 2.45) is 0 Å². The molecule has 0 saturated carbocycles. The summed E-state index contributed by atoms with van der Waals surface area (Å²) >= 11 is 1.56. The molecule has 0 atom stereocenters. The van der Waals surface area contributed by atoms with E-state index in [-0.39, 0.29) is 18.0 Å². The van der Waals surface area contributed by atoms with Gasteiger partial charge in [0.15, 0.2) is 0 Å². The first-order valence-electron chi connectivity index (χ1n) is 11.3. The predicted molar refractivity (Wildman–Crippen MR) is 134 cm³/mol. The van der Waals surface area contributed by atoms with Crippen molar-refractivity contribution in [3.63, 3.8) is 0 Å². The van der Waals surface area contributed by atoms with Crippen LogP contribution in [0.2, 0.25) is 0 Å². The van der Waals surface area contributed by atoms with E-state index in [0.717, 1.165) is 16.3 Å². The van der Waals surface area contributed by atoms with Gasteiger partial charge in [0.2, 0.25) is 0 Å². The molecular weight excluding hydrogens is 446 g/mol. The van der Waals surface area contributed by atoms with E-state index >= 15 is 0 Å². The van der Waals surface area contributed by atoms with Gasteiger partial charge in [0.05, 0.1) is 16.1 Å². The third kappa shape index (κ3) is 4.87. The van der Waals surface area contributed by atoms with Crippen LogP contribution in [0.5, 0.6) is 0 Å². The van der Waals surface area contributed by atoms with Crippen LogP contribution in [0.1, 0.15) is 23.2 Å². The number of benzene rings is 2. The number of thiophene rings is 1. The van der Waals surface area contributed by atoms with Crippen LogP contribution >= 0.6 is 11.3 Å². The van der Waals surface area contributed by atoms with Crippen LogP contribution in [-0.2, 0) is 0 Å². The third-order valence-corrected chi connectivity index (χ3v) is 6.75. The average Bonchev–Trinajstić information content (AvgIpc) is 3.56. The van der Waals surface area contributed by atoms with Gasteiger partial charge in [-0.3, -0.25) is 4.79 Å². The molecule has 34 heavy (non-hydrogen) atoms. The summed E-state index contributed by atoms with van der Waals surface area (Å²) in [6, 6.07) is 23.0. The van der Waals surface area contributed by atoms with E-state index in [1.54, 1.807) is 27.1 Å². The molecule has 0 unspecified atom stereocenters. The van der Waals surface area contributed by atoms with Gasteiger partial charge in [-0.05, 0) is 48.6 Å². The molecule has 0 bridgehead atoms. The van der Waals surface area contributed by atoms with Gasteiger partial charge in [0.25, 0.3) is 5.91 Å². The fourth-order valence-electron chi connectivity index (χ4n) is 4.06. The number of aromatic nitrogens is 2. The predicted octanol–water partition coefficient (Wildman–Crippen LogP) is 5.03. The summed E-state index contributed by atoms with van der Waals surface area (Å²) in [4.78, 5) is 28.6. The van der Waals surface area contributed by atoms with Gasteiger partial charge >= 0.3 is 6.03 Å². The number of para-hydroxylation sites is 2. The van der Waals surface area contributed by atoms with E-state index in [1.807, 2.05) is 78.2 Å². The summed E-state index contributed by atoms with van der Waals surface area (Å²) in [5, 5.41) is 12.8. The molecule has 172 valence electrons. The van der Waals surface area contributed by atoms with E-state index in [2.05, 4.69) is 10.6 Å². The molecule has 1 aliphatic heterocycles. The molecule has 8 heteroatoms. The maximum atomic E-state index is 13.3. The van der Waals surface area contributed by atoms with Crippen molar-refractivity contribution in [1.29, 1.82) is 0 Å². The van der Waals surface area contributed by atoms with Crippen LogP contribution in [0.25, 0.3) is 16.3 Å². The zero-order chi connectivity index (χ0) is 23.3. The first-order chi connectivity index (χ1) is 16.7. The van der Waals surface area contributed by atoms with Crippen LogP contribution in [-0.4, -0.2) is 45.8 Å². The number of amides is 3. The van der Waals surface area contributed by atoms with Crippen molar-refractivity contribution in [1.82, 2.24) is 20.0 Å². The normalized spacial score (nSPS) is 14.1. The number of nitrogens with zero attached hydrogens (tertiary/aromatic N) is 3. The number of carbonyl (C=O) groups excluding carboxylic acids is 2. The molecule has 2 aromatic heterocycles. The summed E-state index contributed by atoms with van der Waals surface area (Å²) < 4.78 is 1.75. The van der Waals surface area contributed by atoms with Crippen molar-refractivity contribution in [3.8, 4) is 16.3 Å². The van der Waals surface area contributed by atoms with E-state index in [9.17, 15) is 9.59 Å². The van der Waals surface area contributed by atoms with Crippen molar-refractivity contribution < 1.29 is 9.59 Å². The van der Waals surface area contributed by atoms with Crippen LogP contribution in [0, 0.1) is 0 Å². The Balaban J connectivity index is 1.25. The Labute approximate surface area is 202 Å². The lowest BCUT2D eigenvalue weighted by molar-refractivity contribution is 0.0920. The Morgan fingerprint density at radius 3 is 2.29 bits per heavy atom. The minimum Gasteiger partial charge on any atom is -0.349 e. The number of hydrogen-bond donors (Lipinski definition) is 2. The molecule has 3 amide bonds. The number of carbonyl (C=O) groups is 2. The minimum atomic E-state index is -0.141. The smallest absolute Gasteiger partial charge is 0.321 e. The fourth-order valence-corrected chi connectivity index (χ4v) is 4.79. The second-order valence-corrected chi connectivity index (χ2v) is 9.13. The molecule has 3 heterocycles. The Kier molecular flexibility index (Phi) is 6.40. The van der Waals surface area contributed by atoms with Crippen LogP contribution in [0.4, 0.5) is 10.5 Å². The zero-order valence-electron chi connectivity index (χ0n) is 18.6. The van der Waals surface area contributed by atoms with Gasteiger partial charge in [0, 0.05) is 31.0 Å². The van der Waals surface area contributed by atoms with Crippen molar-refractivity contribution in [2.45, 2.75) is 18.9 Å². The van der Waals surface area contributed by atoms with Gasteiger partial charge in [0.1, 0.15) is 5.69 Å². The maximum absolute atomic E-state index is 13.3. The second-order valence-electron chi connectivity index (χ2n) is 8.18. The lowest BCUT2D eigenvalue weighted by atomic mass is 10.0. The fraction of sp³-hybridized carbons (Fsp3) is 0.192. The second kappa shape index (κ2) is 9.93. The summed E-state index contributed by atoms with van der Waals surface area (Å²) in [6.07, 6.45) is 3.20. The highest BCUT2D eigenvalue weighted by Gasteiger charge is 2.26. The highest BCUT2D eigenvalue weighted by molar-refractivity contribution is 7.13. The number of hydrogen-bond acceptors (Lipinski definition) is 4. The lowest BCUT2D eigenvalue weighted by Gasteiger charge is -2.32. The van der Waals surface area contributed by atoms with Crippen LogP contribution < -0.4 is 10.6 Å². The number of likely N-dealkylation sites (tertiary alicyclic amines) is 1. The quantitative estimate of drug-likeness (QED) is 0.429. The molecule has 1 saturated heterocycles. The minimum absolute atomic E-state index is 0.00420. The van der Waals surface area contributed by atoms with Crippen molar-refractivity contribution in [3.05, 3.63) is 89.9 Å². The van der Waals surface area contributed by atoms with E-state index in [4.69, 9.17) is 5.10 Å². The van der Waals surface area contributed by atoms with Gasteiger partial charge in [-0.1, -0.05) is 42.5 Å². The van der Waals surface area contributed by atoms with Gasteiger partial charge in [-0.2, -0.15) is 5.10 Å². The third-order valence-electron chi connectivity index (χ3n) is 5.88. The first-order valence-corrected chi connectivity index (χ1v) is 12.2. The molecule has 1 aliphatic rings. The summed E-state index contributed by atoms with van der Waals surface area (Å²) in [5.41, 5.74) is 2.91. The summed E-state index contributed by atoms with van der Waals surface area (Å²) in [7, 11) is 0. The molecule has 0 spiro atoms. The largest absolute Gasteiger partial charge is 0.349 e. The molecule has 2 N–H and O–H groups in total. The number of nitrogens with one attached hydrogen (secondary N) is 2. The summed E-state index contributed by atoms with van der Waals surface area (Å²) in [6.45, 7) is 1.18. The number of rotatable bonds is 5. The van der Waals surface area contributed by atoms with Gasteiger partial charge in [-0.25, -0.2) is 9.48 Å². The average molecular weight is 472 g/mol. The molecule has 5 rings (SSSR count). The van der Waals surface area contributed by atoms with Crippen molar-refractivity contribution >= 4 is 29.0 Å². The first kappa shape index (κ1) is 21.9. The Morgan fingerprint density at radius 2 is 1.62 bits per heavy atom. The Morgan fingerprint density at radius 1 is 0.912 bits per heavy atom. The topological polar surface area (TPSA) is 79.3 Å². The highest BCUT2D eigenvalue weighted by atomic mass is 32.1. The zero-order valence-corrected chi connectivity index (χ0v) is 19.4. The number of anilines is 1. The van der Waals surface area contributed by atoms with Crippen LogP contribution in [0.3, 0.4) is 0 Å². The number of piperidine rings is 1. The standard InChI is InChI=1S/C26H25N5O2S/c32-25(27-20-13-15-30(16-14-20)26(33)28-19-8-3-1-4-9-19)22-18-31(21-10-5-2-6-11-21)29-24(22)23-12-7-17-34-23/h1-12,17-18,20H,13-16H2,(H,27,32)(H,28,33). The summed E-state index contributed by atoms with van der Waals surface area (Å²) in [5.74, 6) is -0.141. The highest BCUT2D eigenvalue weighted by Crippen LogP contribution is 2.28. The lowest BCUT2D eigenvalue weighted by Crippen LogP contribution is -2.47. The number of urea groups is 1. The molecular formula is C26H25N5O2S. The van der Waals surface area contributed by atoms with Crippen LogP contribution in [0.15, 0.2) is 84.4 Å². The monoisotopic (exact) mass is 471 g/mol. The SMILES string of the molecule is O=C(NC1CCN(C(=O)Nc2ccccc2)CC1)c1cn(-c2ccccc2)nc1-c1cccs1. The maximum Gasteiger partial charge on any atom is 0.321 e.